The second-order valence-corrected chi connectivity index (χ2v) is 4.23. The van der Waals surface area contributed by atoms with Gasteiger partial charge in [-0.05, 0) is 37.5 Å². The molecular weight excluding hydrogens is 254 g/mol. The van der Waals surface area contributed by atoms with Crippen molar-refractivity contribution in [2.45, 2.75) is 26.2 Å². The highest BCUT2D eigenvalue weighted by Crippen LogP contribution is 2.22. The first-order chi connectivity index (χ1) is 7.24. The number of aryl methyl sites for hydroxylation is 1. The first-order valence-corrected chi connectivity index (χ1v) is 5.79. The van der Waals surface area contributed by atoms with E-state index in [-0.39, 0.29) is 0 Å². The van der Waals surface area contributed by atoms with Crippen LogP contribution in [-0.2, 0) is 0 Å². The molecule has 0 aliphatic carbocycles. The standard InChI is InChI=1S/C12H14BrNO/c1-10-5-6-11(9-12(10)13)15-8-4-2-3-7-14/h5-6,9H,2-4,8H2,1H3. The second kappa shape index (κ2) is 6.47. The van der Waals surface area contributed by atoms with Crippen molar-refractivity contribution in [3.05, 3.63) is 28.2 Å². The van der Waals surface area contributed by atoms with E-state index in [1.807, 2.05) is 25.1 Å². The number of benzene rings is 1. The average Bonchev–Trinajstić information content (AvgIpc) is 2.23. The van der Waals surface area contributed by atoms with Crippen LogP contribution in [0.4, 0.5) is 0 Å². The molecule has 0 N–H and O–H groups in total. The topological polar surface area (TPSA) is 33.0 Å². The van der Waals surface area contributed by atoms with Gasteiger partial charge in [0.2, 0.25) is 0 Å². The lowest BCUT2D eigenvalue weighted by molar-refractivity contribution is 0.307. The van der Waals surface area contributed by atoms with Gasteiger partial charge in [0.15, 0.2) is 0 Å². The molecule has 0 saturated carbocycles. The Morgan fingerprint density at radius 2 is 2.20 bits per heavy atom. The van der Waals surface area contributed by atoms with Crippen molar-refractivity contribution in [1.82, 2.24) is 0 Å². The van der Waals surface area contributed by atoms with E-state index in [0.717, 1.165) is 23.1 Å². The van der Waals surface area contributed by atoms with Gasteiger partial charge in [-0.15, -0.1) is 0 Å². The fourth-order valence-electron chi connectivity index (χ4n) is 1.16. The van der Waals surface area contributed by atoms with Gasteiger partial charge in [-0.2, -0.15) is 5.26 Å². The van der Waals surface area contributed by atoms with Gasteiger partial charge < -0.3 is 4.74 Å². The number of hydrogen-bond acceptors (Lipinski definition) is 2. The maximum Gasteiger partial charge on any atom is 0.120 e. The molecule has 1 rings (SSSR count). The minimum atomic E-state index is 0.612. The molecule has 80 valence electrons. The third kappa shape index (κ3) is 4.35. The predicted octanol–water partition coefficient (Wildman–Crippen LogP) is 3.83. The minimum Gasteiger partial charge on any atom is -0.494 e. The minimum absolute atomic E-state index is 0.612. The molecule has 0 spiro atoms. The highest BCUT2D eigenvalue weighted by molar-refractivity contribution is 9.10. The SMILES string of the molecule is Cc1ccc(OCCCCC#N)cc1Br. The average molecular weight is 268 g/mol. The number of rotatable bonds is 5. The Morgan fingerprint density at radius 1 is 1.40 bits per heavy atom. The van der Waals surface area contributed by atoms with Gasteiger partial charge in [-0.1, -0.05) is 22.0 Å². The van der Waals surface area contributed by atoms with Gasteiger partial charge in [0.1, 0.15) is 5.75 Å². The van der Waals surface area contributed by atoms with Crippen LogP contribution in [0.1, 0.15) is 24.8 Å². The molecule has 1 aromatic carbocycles. The van der Waals surface area contributed by atoms with E-state index in [2.05, 4.69) is 22.0 Å². The highest BCUT2D eigenvalue weighted by atomic mass is 79.9. The molecule has 0 saturated heterocycles. The molecule has 0 radical (unpaired) electrons. The van der Waals surface area contributed by atoms with Crippen LogP contribution in [0.25, 0.3) is 0 Å². The molecule has 0 bridgehead atoms. The smallest absolute Gasteiger partial charge is 0.120 e. The van der Waals surface area contributed by atoms with Crippen LogP contribution >= 0.6 is 15.9 Å². The summed E-state index contributed by atoms with van der Waals surface area (Å²) >= 11 is 3.46. The normalized spacial score (nSPS) is 9.67. The van der Waals surface area contributed by atoms with Gasteiger partial charge >= 0.3 is 0 Å². The van der Waals surface area contributed by atoms with Crippen LogP contribution in [0, 0.1) is 18.3 Å². The van der Waals surface area contributed by atoms with Gasteiger partial charge in [0, 0.05) is 10.9 Å². The van der Waals surface area contributed by atoms with Crippen LogP contribution in [0.2, 0.25) is 0 Å². The molecule has 0 fully saturated rings. The molecule has 0 aliphatic heterocycles. The van der Waals surface area contributed by atoms with Crippen LogP contribution in [0.5, 0.6) is 5.75 Å². The van der Waals surface area contributed by atoms with E-state index in [1.54, 1.807) is 0 Å². The lowest BCUT2D eigenvalue weighted by atomic mass is 10.2. The third-order valence-corrected chi connectivity index (χ3v) is 2.95. The Balaban J connectivity index is 2.32. The molecule has 2 nitrogen and oxygen atoms in total. The molecule has 0 heterocycles. The lowest BCUT2D eigenvalue weighted by Crippen LogP contribution is -1.97. The van der Waals surface area contributed by atoms with Crippen molar-refractivity contribution in [1.29, 1.82) is 5.26 Å². The summed E-state index contributed by atoms with van der Waals surface area (Å²) in [5, 5.41) is 8.35. The van der Waals surface area contributed by atoms with E-state index in [4.69, 9.17) is 10.00 Å². The lowest BCUT2D eigenvalue weighted by Gasteiger charge is -2.06. The molecule has 0 unspecified atom stereocenters. The number of hydrogen-bond donors (Lipinski definition) is 0. The van der Waals surface area contributed by atoms with Crippen molar-refractivity contribution < 1.29 is 4.74 Å². The van der Waals surface area contributed by atoms with E-state index in [1.165, 1.54) is 5.56 Å². The van der Waals surface area contributed by atoms with Crippen molar-refractivity contribution in [3.8, 4) is 11.8 Å². The monoisotopic (exact) mass is 267 g/mol. The zero-order valence-electron chi connectivity index (χ0n) is 8.79. The molecule has 3 heteroatoms. The van der Waals surface area contributed by atoms with Gasteiger partial charge in [0.05, 0.1) is 12.7 Å². The van der Waals surface area contributed by atoms with E-state index in [0.29, 0.717) is 13.0 Å². The fourth-order valence-corrected chi connectivity index (χ4v) is 1.52. The summed E-state index contributed by atoms with van der Waals surface area (Å²) < 4.78 is 6.62. The maximum absolute atomic E-state index is 8.35. The molecule has 1 aromatic rings. The Labute approximate surface area is 99.0 Å². The molecule has 0 aromatic heterocycles. The number of nitrogens with zero attached hydrogens (tertiary/aromatic N) is 1. The fraction of sp³-hybridized carbons (Fsp3) is 0.417. The summed E-state index contributed by atoms with van der Waals surface area (Å²) in [6, 6.07) is 8.08. The molecular formula is C12H14BrNO. The zero-order chi connectivity index (χ0) is 11.1. The Hall–Kier alpha value is -1.01. The molecule has 0 atom stereocenters. The molecule has 0 aliphatic rings. The van der Waals surface area contributed by atoms with Crippen molar-refractivity contribution in [3.63, 3.8) is 0 Å². The van der Waals surface area contributed by atoms with Gasteiger partial charge in [-0.3, -0.25) is 0 Å². The maximum atomic E-state index is 8.35. The van der Waals surface area contributed by atoms with Crippen molar-refractivity contribution in [2.24, 2.45) is 0 Å². The highest BCUT2D eigenvalue weighted by Gasteiger charge is 1.98. The predicted molar refractivity (Wildman–Crippen MR) is 63.8 cm³/mol. The zero-order valence-corrected chi connectivity index (χ0v) is 10.4. The summed E-state index contributed by atoms with van der Waals surface area (Å²) in [6.45, 7) is 2.72. The molecule has 0 amide bonds. The summed E-state index contributed by atoms with van der Waals surface area (Å²) in [4.78, 5) is 0. The Morgan fingerprint density at radius 3 is 2.87 bits per heavy atom. The summed E-state index contributed by atoms with van der Waals surface area (Å²) in [5.74, 6) is 0.879. The number of halogens is 1. The first kappa shape index (κ1) is 12.1. The van der Waals surface area contributed by atoms with Crippen LogP contribution in [-0.4, -0.2) is 6.61 Å². The summed E-state index contributed by atoms with van der Waals surface area (Å²) in [5.41, 5.74) is 1.20. The third-order valence-electron chi connectivity index (χ3n) is 2.09. The summed E-state index contributed by atoms with van der Waals surface area (Å²) in [7, 11) is 0. The number of nitriles is 1. The van der Waals surface area contributed by atoms with E-state index >= 15 is 0 Å². The first-order valence-electron chi connectivity index (χ1n) is 5.00. The van der Waals surface area contributed by atoms with Crippen molar-refractivity contribution in [2.75, 3.05) is 6.61 Å². The summed E-state index contributed by atoms with van der Waals surface area (Å²) in [6.07, 6.45) is 2.45. The number of unbranched alkanes of at least 4 members (excludes halogenated alkanes) is 2. The largest absolute Gasteiger partial charge is 0.494 e. The van der Waals surface area contributed by atoms with Gasteiger partial charge in [-0.25, -0.2) is 0 Å². The van der Waals surface area contributed by atoms with Crippen LogP contribution < -0.4 is 4.74 Å². The quantitative estimate of drug-likeness (QED) is 0.760. The van der Waals surface area contributed by atoms with E-state index in [9.17, 15) is 0 Å². The van der Waals surface area contributed by atoms with Gasteiger partial charge in [0.25, 0.3) is 0 Å². The number of ether oxygens (including phenoxy) is 1. The van der Waals surface area contributed by atoms with Crippen molar-refractivity contribution >= 4 is 15.9 Å². The van der Waals surface area contributed by atoms with E-state index < -0.39 is 0 Å². The Bertz CT molecular complexity index is 357. The Kier molecular flexibility index (Phi) is 5.20. The molecule has 15 heavy (non-hydrogen) atoms. The second-order valence-electron chi connectivity index (χ2n) is 3.37. The van der Waals surface area contributed by atoms with Crippen LogP contribution in [0.3, 0.4) is 0 Å². The van der Waals surface area contributed by atoms with Crippen LogP contribution in [0.15, 0.2) is 22.7 Å².